The summed E-state index contributed by atoms with van der Waals surface area (Å²) in [4.78, 5) is 63.8. The van der Waals surface area contributed by atoms with Crippen molar-refractivity contribution in [3.05, 3.63) is 51.6 Å². The van der Waals surface area contributed by atoms with E-state index in [1.54, 1.807) is 6.92 Å². The van der Waals surface area contributed by atoms with Gasteiger partial charge in [0.25, 0.3) is 0 Å². The number of phenols is 2. The minimum absolute atomic E-state index is 0.0351. The summed E-state index contributed by atoms with van der Waals surface area (Å²) < 4.78 is 22.1. The number of hydrogen-bond donors (Lipinski definition) is 6. The fourth-order valence-electron chi connectivity index (χ4n) is 6.34. The van der Waals surface area contributed by atoms with E-state index in [2.05, 4.69) is 0 Å². The van der Waals surface area contributed by atoms with Crippen LogP contribution in [0.2, 0.25) is 0 Å². The van der Waals surface area contributed by atoms with Gasteiger partial charge in [-0.15, -0.1) is 0 Å². The predicted molar refractivity (Wildman–Crippen MR) is 157 cm³/mol. The number of nitrogens with two attached hydrogens (primary N) is 1. The smallest absolute Gasteiger partial charge is 0.306 e. The van der Waals surface area contributed by atoms with Crippen molar-refractivity contribution in [1.82, 2.24) is 0 Å². The highest BCUT2D eigenvalue weighted by Crippen LogP contribution is 2.52. The summed E-state index contributed by atoms with van der Waals surface area (Å²) in [5.74, 6) is -6.07. The normalized spacial score (nSPS) is 26.5. The maximum atomic E-state index is 13.8. The number of aliphatic hydroxyl groups is 2. The van der Waals surface area contributed by atoms with Crippen molar-refractivity contribution in [2.75, 3.05) is 13.7 Å². The number of carboxylic acids is 1. The zero-order valence-corrected chi connectivity index (χ0v) is 25.6. The number of carboxylic acid groups (broad SMARTS) is 1. The molecule has 0 bridgehead atoms. The van der Waals surface area contributed by atoms with Gasteiger partial charge in [-0.05, 0) is 19.4 Å². The van der Waals surface area contributed by atoms with E-state index in [1.807, 2.05) is 0 Å². The van der Waals surface area contributed by atoms with Crippen LogP contribution in [0.25, 0.3) is 0 Å². The molecule has 2 aliphatic carbocycles. The molecular formula is C32H35NO14. The number of carbonyl (C=O) groups excluding carboxylic acids is 4. The number of aromatic hydroxyl groups is 2. The Balaban J connectivity index is 1.55. The number of benzene rings is 2. The molecule has 47 heavy (non-hydrogen) atoms. The highest BCUT2D eigenvalue weighted by molar-refractivity contribution is 6.31. The zero-order valence-electron chi connectivity index (χ0n) is 25.6. The number of methoxy groups -OCH3 is 1. The minimum Gasteiger partial charge on any atom is -0.507 e. The topological polar surface area (TPSA) is 249 Å². The number of hydrogen-bond acceptors (Lipinski definition) is 14. The Hall–Kier alpha value is -4.41. The second-order valence-corrected chi connectivity index (χ2v) is 11.9. The molecule has 6 atom stereocenters. The summed E-state index contributed by atoms with van der Waals surface area (Å²) in [6.07, 6.45) is -6.31. The number of Topliss-reactive ketones (excluding diaryl/α,β-unsaturated/α-hetero) is 1. The average molecular weight is 658 g/mol. The number of ketones is 3. The lowest BCUT2D eigenvalue weighted by Gasteiger charge is -2.42. The number of rotatable bonds is 10. The largest absolute Gasteiger partial charge is 0.507 e. The summed E-state index contributed by atoms with van der Waals surface area (Å²) >= 11 is 0. The van der Waals surface area contributed by atoms with E-state index in [1.165, 1.54) is 25.3 Å². The van der Waals surface area contributed by atoms with Gasteiger partial charge in [-0.3, -0.25) is 24.0 Å². The van der Waals surface area contributed by atoms with Crippen LogP contribution in [-0.4, -0.2) is 98.7 Å². The molecule has 7 N–H and O–H groups in total. The van der Waals surface area contributed by atoms with E-state index in [0.29, 0.717) is 0 Å². The highest BCUT2D eigenvalue weighted by atomic mass is 16.7. The van der Waals surface area contributed by atoms with Gasteiger partial charge in [-0.2, -0.15) is 0 Å². The summed E-state index contributed by atoms with van der Waals surface area (Å²) in [5.41, 5.74) is 1.93. The molecule has 0 aromatic heterocycles. The Kier molecular flexibility index (Phi) is 9.39. The van der Waals surface area contributed by atoms with Crippen LogP contribution >= 0.6 is 0 Å². The molecule has 1 aliphatic heterocycles. The molecule has 15 nitrogen and oxygen atoms in total. The van der Waals surface area contributed by atoms with Gasteiger partial charge in [0, 0.05) is 54.8 Å². The highest BCUT2D eigenvalue weighted by Gasteiger charge is 2.50. The fraction of sp³-hybridized carbons (Fsp3) is 0.469. The number of carbonyl (C=O) groups is 5. The average Bonchev–Trinajstić information content (AvgIpc) is 3.02. The molecule has 1 heterocycles. The van der Waals surface area contributed by atoms with Crippen molar-refractivity contribution >= 4 is 29.3 Å². The minimum atomic E-state index is -2.39. The van der Waals surface area contributed by atoms with Crippen LogP contribution in [0.4, 0.5) is 0 Å². The number of aliphatic hydroxyl groups excluding tert-OH is 1. The third-order valence-corrected chi connectivity index (χ3v) is 8.80. The number of ether oxygens (including phenoxy) is 4. The van der Waals surface area contributed by atoms with Gasteiger partial charge in [0.1, 0.15) is 22.8 Å². The molecule has 0 saturated carbocycles. The van der Waals surface area contributed by atoms with Crippen LogP contribution in [0, 0.1) is 0 Å². The maximum absolute atomic E-state index is 13.8. The molecule has 0 amide bonds. The quantitative estimate of drug-likeness (QED) is 0.130. The van der Waals surface area contributed by atoms with Crippen molar-refractivity contribution in [2.24, 2.45) is 5.73 Å². The van der Waals surface area contributed by atoms with Crippen molar-refractivity contribution in [1.29, 1.82) is 0 Å². The van der Waals surface area contributed by atoms with Gasteiger partial charge in [-0.25, -0.2) is 0 Å². The van der Waals surface area contributed by atoms with Gasteiger partial charge in [0.2, 0.25) is 11.6 Å². The van der Waals surface area contributed by atoms with Gasteiger partial charge in [0.05, 0.1) is 42.1 Å². The third kappa shape index (κ3) is 6.19. The molecule has 1 fully saturated rings. The number of esters is 1. The van der Waals surface area contributed by atoms with E-state index in [9.17, 15) is 44.4 Å². The predicted octanol–water partition coefficient (Wildman–Crippen LogP) is 0.807. The molecule has 15 heteroatoms. The second-order valence-electron chi connectivity index (χ2n) is 11.9. The van der Waals surface area contributed by atoms with Crippen molar-refractivity contribution in [3.8, 4) is 17.2 Å². The Labute approximate surface area is 267 Å². The molecular weight excluding hydrogens is 622 g/mol. The number of phenolic OH excluding ortho intramolecular Hbond substituents is 2. The molecule has 0 spiro atoms. The molecule has 3 aliphatic rings. The van der Waals surface area contributed by atoms with Gasteiger partial charge < -0.3 is 50.2 Å². The maximum Gasteiger partial charge on any atom is 0.306 e. The lowest BCUT2D eigenvalue weighted by Crippen LogP contribution is -2.53. The summed E-state index contributed by atoms with van der Waals surface area (Å²) in [6, 6.07) is 3.49. The third-order valence-electron chi connectivity index (χ3n) is 8.80. The van der Waals surface area contributed by atoms with Crippen LogP contribution in [0.15, 0.2) is 18.2 Å². The first-order valence-electron chi connectivity index (χ1n) is 14.9. The van der Waals surface area contributed by atoms with Crippen molar-refractivity contribution in [2.45, 2.75) is 81.7 Å². The SMILES string of the molecule is COc1cccc2c1C(=O)c1c(O)c3c(c(O)c1C2=O)C[C@@](O)(C(=O)COC(=O)CCCC(=O)O)C[C@@H]3O[C@H]1C[C@H](N)[C@H](O)[C@H](C)O1. The van der Waals surface area contributed by atoms with E-state index in [4.69, 9.17) is 29.8 Å². The molecule has 0 radical (unpaired) electrons. The van der Waals surface area contributed by atoms with Gasteiger partial charge in [-0.1, -0.05) is 12.1 Å². The summed E-state index contributed by atoms with van der Waals surface area (Å²) in [7, 11) is 1.30. The van der Waals surface area contributed by atoms with Crippen LogP contribution in [0.5, 0.6) is 17.2 Å². The first kappa shape index (κ1) is 33.9. The summed E-state index contributed by atoms with van der Waals surface area (Å²) in [6.45, 7) is 0.634. The molecule has 5 rings (SSSR count). The van der Waals surface area contributed by atoms with Crippen LogP contribution in [0.3, 0.4) is 0 Å². The lowest BCUT2D eigenvalue weighted by atomic mass is 9.72. The molecule has 2 aromatic carbocycles. The van der Waals surface area contributed by atoms with Crippen molar-refractivity contribution < 1.29 is 68.5 Å². The molecule has 252 valence electrons. The van der Waals surface area contributed by atoms with E-state index in [-0.39, 0.29) is 53.7 Å². The molecule has 2 aromatic rings. The number of fused-ring (bicyclic) bond motifs is 3. The van der Waals surface area contributed by atoms with E-state index >= 15 is 0 Å². The zero-order chi connectivity index (χ0) is 34.4. The van der Waals surface area contributed by atoms with Crippen LogP contribution in [-0.2, 0) is 35.0 Å². The van der Waals surface area contributed by atoms with Crippen LogP contribution in [0.1, 0.15) is 88.1 Å². The first-order valence-corrected chi connectivity index (χ1v) is 14.9. The van der Waals surface area contributed by atoms with Gasteiger partial charge >= 0.3 is 11.9 Å². The Morgan fingerprint density at radius 2 is 1.77 bits per heavy atom. The second kappa shape index (κ2) is 13.0. The Morgan fingerprint density at radius 3 is 2.43 bits per heavy atom. The lowest BCUT2D eigenvalue weighted by molar-refractivity contribution is -0.247. The monoisotopic (exact) mass is 657 g/mol. The van der Waals surface area contributed by atoms with E-state index in [0.717, 1.165) is 0 Å². The van der Waals surface area contributed by atoms with Crippen LogP contribution < -0.4 is 10.5 Å². The first-order chi connectivity index (χ1) is 22.2. The Bertz CT molecular complexity index is 1640. The molecule has 0 unspecified atom stereocenters. The standard InChI is InChI=1S/C32H35NO14/c1-13-27(38)16(33)9-22(46-13)47-18-11-32(43,19(34)12-45-21(37)8-4-7-20(35)36)10-15-24(18)31(42)26-25(29(15)40)28(39)14-5-3-6-17(44-2)23(14)30(26)41/h3,5-6,13,16,18,22,27,38,40,42-43H,4,7-12,33H2,1-2H3,(H,35,36)/t13-,16-,18-,22-,27+,32-/m0/s1. The Morgan fingerprint density at radius 1 is 1.06 bits per heavy atom. The summed E-state index contributed by atoms with van der Waals surface area (Å²) in [5, 5.41) is 53.9. The van der Waals surface area contributed by atoms with Gasteiger partial charge in [0.15, 0.2) is 18.7 Å². The van der Waals surface area contributed by atoms with Crippen molar-refractivity contribution in [3.63, 3.8) is 0 Å². The number of aliphatic carboxylic acids is 1. The van der Waals surface area contributed by atoms with E-state index < -0.39 is 108 Å². The molecule has 1 saturated heterocycles. The fourth-order valence-corrected chi connectivity index (χ4v) is 6.34.